The molecule has 0 spiro atoms. The lowest BCUT2D eigenvalue weighted by Crippen LogP contribution is -2.41. The van der Waals surface area contributed by atoms with Crippen molar-refractivity contribution < 1.29 is 9.90 Å². The minimum absolute atomic E-state index is 0.141. The van der Waals surface area contributed by atoms with Crippen LogP contribution in [0.5, 0.6) is 0 Å². The van der Waals surface area contributed by atoms with Crippen molar-refractivity contribution >= 4 is 5.91 Å². The van der Waals surface area contributed by atoms with Crippen LogP contribution < -0.4 is 5.32 Å². The maximum absolute atomic E-state index is 12.7. The van der Waals surface area contributed by atoms with Crippen molar-refractivity contribution in [3.8, 4) is 11.3 Å². The van der Waals surface area contributed by atoms with E-state index in [1.165, 1.54) is 0 Å². The van der Waals surface area contributed by atoms with E-state index in [1.54, 1.807) is 24.5 Å². The van der Waals surface area contributed by atoms with E-state index in [4.69, 9.17) is 0 Å². The molecule has 0 radical (unpaired) electrons. The van der Waals surface area contributed by atoms with Crippen LogP contribution in [0.1, 0.15) is 34.9 Å². The van der Waals surface area contributed by atoms with E-state index in [2.05, 4.69) is 20.5 Å². The fraction of sp³-hybridized carbons (Fsp3) is 0.250. The number of nitrogens with one attached hydrogen (secondary N) is 2. The quantitative estimate of drug-likeness (QED) is 0.661. The molecule has 1 aliphatic carbocycles. The van der Waals surface area contributed by atoms with Gasteiger partial charge < -0.3 is 10.4 Å². The normalized spacial score (nSPS) is 20.2. The van der Waals surface area contributed by atoms with E-state index < -0.39 is 0 Å². The average molecular weight is 348 g/mol. The third kappa shape index (κ3) is 3.36. The van der Waals surface area contributed by atoms with Gasteiger partial charge in [0.05, 0.1) is 23.5 Å². The number of hydrogen-bond acceptors (Lipinski definition) is 4. The highest BCUT2D eigenvalue weighted by Crippen LogP contribution is 2.37. The molecule has 6 heteroatoms. The second kappa shape index (κ2) is 7.09. The molecule has 0 saturated heterocycles. The molecule has 4 rings (SSSR count). The van der Waals surface area contributed by atoms with Gasteiger partial charge in [-0.1, -0.05) is 18.2 Å². The van der Waals surface area contributed by atoms with Gasteiger partial charge in [0.1, 0.15) is 0 Å². The molecule has 2 aromatic heterocycles. The molecule has 1 atom stereocenters. The number of rotatable bonds is 5. The van der Waals surface area contributed by atoms with E-state index >= 15 is 0 Å². The second-order valence-corrected chi connectivity index (χ2v) is 6.64. The van der Waals surface area contributed by atoms with Crippen LogP contribution in [0.25, 0.3) is 11.3 Å². The Morgan fingerprint density at radius 2 is 1.92 bits per heavy atom. The first kappa shape index (κ1) is 16.5. The summed E-state index contributed by atoms with van der Waals surface area (Å²) < 4.78 is 0. The van der Waals surface area contributed by atoms with Gasteiger partial charge in [-0.2, -0.15) is 5.10 Å². The molecule has 3 N–H and O–H groups in total. The first-order valence-electron chi connectivity index (χ1n) is 8.70. The fourth-order valence-corrected chi connectivity index (χ4v) is 3.34. The monoisotopic (exact) mass is 348 g/mol. The molecular formula is C20H20N4O2. The molecule has 0 aliphatic heterocycles. The number of aliphatic hydroxyl groups excluding tert-OH is 1. The maximum Gasteiger partial charge on any atom is 0.251 e. The van der Waals surface area contributed by atoms with Crippen LogP contribution in [-0.2, 0) is 0 Å². The third-order valence-electron chi connectivity index (χ3n) is 4.87. The summed E-state index contributed by atoms with van der Waals surface area (Å²) in [6.07, 6.45) is 4.50. The average Bonchev–Trinajstić information content (AvgIpc) is 3.19. The maximum atomic E-state index is 12.7. The molecule has 1 amide bonds. The van der Waals surface area contributed by atoms with Crippen molar-refractivity contribution in [2.24, 2.45) is 5.92 Å². The molecule has 1 aliphatic rings. The highest BCUT2D eigenvalue weighted by Gasteiger charge is 2.36. The van der Waals surface area contributed by atoms with Gasteiger partial charge in [0.25, 0.3) is 5.91 Å². The summed E-state index contributed by atoms with van der Waals surface area (Å²) in [4.78, 5) is 17.1. The van der Waals surface area contributed by atoms with Crippen LogP contribution in [-0.4, -0.2) is 32.3 Å². The Balaban J connectivity index is 1.51. The van der Waals surface area contributed by atoms with Crippen LogP contribution in [0, 0.1) is 5.92 Å². The van der Waals surface area contributed by atoms with Crippen molar-refractivity contribution in [1.82, 2.24) is 20.5 Å². The number of aromatic amines is 1. The molecular weight excluding hydrogens is 328 g/mol. The second-order valence-electron chi connectivity index (χ2n) is 6.64. The molecule has 0 unspecified atom stereocenters. The van der Waals surface area contributed by atoms with Crippen LogP contribution in [0.3, 0.4) is 0 Å². The van der Waals surface area contributed by atoms with Gasteiger partial charge in [0.15, 0.2) is 0 Å². The zero-order valence-corrected chi connectivity index (χ0v) is 14.2. The highest BCUT2D eigenvalue weighted by atomic mass is 16.3. The predicted octanol–water partition coefficient (Wildman–Crippen LogP) is 2.71. The Morgan fingerprint density at radius 1 is 1.12 bits per heavy atom. The number of benzene rings is 1. The lowest BCUT2D eigenvalue weighted by molar-refractivity contribution is 0.0228. The lowest BCUT2D eigenvalue weighted by atomic mass is 9.76. The Bertz CT molecular complexity index is 857. The Hall–Kier alpha value is -2.99. The SMILES string of the molecule is O=C(N[C@H](c1ccccn1)C1CC(O)C1)c1ccc(-c2ccn[nH]2)cc1. The standard InChI is InChI=1S/C20H20N4O2/c25-16-11-15(12-16)19(18-3-1-2-9-21-18)23-20(26)14-6-4-13(5-7-14)17-8-10-22-24-17/h1-10,15-16,19,25H,11-12H2,(H,22,24)(H,23,26)/t15?,16?,19-/m0/s1. The molecule has 1 aromatic carbocycles. The van der Waals surface area contributed by atoms with Crippen LogP contribution in [0.4, 0.5) is 0 Å². The third-order valence-corrected chi connectivity index (χ3v) is 4.87. The summed E-state index contributed by atoms with van der Waals surface area (Å²) in [5.41, 5.74) is 3.30. The number of pyridine rings is 1. The van der Waals surface area contributed by atoms with Gasteiger partial charge in [-0.05, 0) is 54.7 Å². The first-order valence-corrected chi connectivity index (χ1v) is 8.70. The minimum Gasteiger partial charge on any atom is -0.393 e. The van der Waals surface area contributed by atoms with Gasteiger partial charge >= 0.3 is 0 Å². The van der Waals surface area contributed by atoms with Gasteiger partial charge in [0, 0.05) is 18.0 Å². The van der Waals surface area contributed by atoms with Crippen molar-refractivity contribution in [3.05, 3.63) is 72.2 Å². The molecule has 3 aromatic rings. The zero-order chi connectivity index (χ0) is 17.9. The number of carbonyl (C=O) groups is 1. The van der Waals surface area contributed by atoms with Crippen molar-refractivity contribution in [1.29, 1.82) is 0 Å². The zero-order valence-electron chi connectivity index (χ0n) is 14.2. The van der Waals surface area contributed by atoms with Crippen LogP contribution >= 0.6 is 0 Å². The molecule has 1 saturated carbocycles. The molecule has 6 nitrogen and oxygen atoms in total. The number of amides is 1. The van der Waals surface area contributed by atoms with Crippen molar-refractivity contribution in [3.63, 3.8) is 0 Å². The Kier molecular flexibility index (Phi) is 4.50. The van der Waals surface area contributed by atoms with E-state index in [0.29, 0.717) is 18.4 Å². The van der Waals surface area contributed by atoms with E-state index in [-0.39, 0.29) is 24.0 Å². The van der Waals surface area contributed by atoms with E-state index in [9.17, 15) is 9.90 Å². The molecule has 0 bridgehead atoms. The summed E-state index contributed by atoms with van der Waals surface area (Å²) in [7, 11) is 0. The highest BCUT2D eigenvalue weighted by molar-refractivity contribution is 5.94. The lowest BCUT2D eigenvalue weighted by Gasteiger charge is -2.37. The van der Waals surface area contributed by atoms with E-state index in [0.717, 1.165) is 17.0 Å². The molecule has 132 valence electrons. The summed E-state index contributed by atoms with van der Waals surface area (Å²) in [5.74, 6) is 0.0614. The summed E-state index contributed by atoms with van der Waals surface area (Å²) in [6, 6.07) is 14.8. The van der Waals surface area contributed by atoms with Crippen molar-refractivity contribution in [2.45, 2.75) is 25.0 Å². The number of hydrogen-bond donors (Lipinski definition) is 3. The van der Waals surface area contributed by atoms with E-state index in [1.807, 2.05) is 36.4 Å². The van der Waals surface area contributed by atoms with Gasteiger partial charge in [-0.25, -0.2) is 0 Å². The smallest absolute Gasteiger partial charge is 0.251 e. The summed E-state index contributed by atoms with van der Waals surface area (Å²) >= 11 is 0. The fourth-order valence-electron chi connectivity index (χ4n) is 3.34. The van der Waals surface area contributed by atoms with Crippen LogP contribution in [0.15, 0.2) is 60.9 Å². The molecule has 26 heavy (non-hydrogen) atoms. The largest absolute Gasteiger partial charge is 0.393 e. The van der Waals surface area contributed by atoms with Gasteiger partial charge in [0.2, 0.25) is 0 Å². The minimum atomic E-state index is -0.281. The number of aliphatic hydroxyl groups is 1. The predicted molar refractivity (Wildman–Crippen MR) is 97.2 cm³/mol. The van der Waals surface area contributed by atoms with Crippen LogP contribution in [0.2, 0.25) is 0 Å². The first-order chi connectivity index (χ1) is 12.7. The van der Waals surface area contributed by atoms with Gasteiger partial charge in [-0.3, -0.25) is 14.9 Å². The Labute approximate surface area is 151 Å². The number of carbonyl (C=O) groups excluding carboxylic acids is 1. The summed E-state index contributed by atoms with van der Waals surface area (Å²) in [6.45, 7) is 0. The number of aromatic nitrogens is 3. The number of H-pyrrole nitrogens is 1. The van der Waals surface area contributed by atoms with Gasteiger partial charge in [-0.15, -0.1) is 0 Å². The summed E-state index contributed by atoms with van der Waals surface area (Å²) in [5, 5.41) is 19.6. The number of nitrogens with zero attached hydrogens (tertiary/aromatic N) is 2. The van der Waals surface area contributed by atoms with Crippen molar-refractivity contribution in [2.75, 3.05) is 0 Å². The Morgan fingerprint density at radius 3 is 2.54 bits per heavy atom. The molecule has 1 fully saturated rings. The topological polar surface area (TPSA) is 90.9 Å². The molecule has 2 heterocycles.